The quantitative estimate of drug-likeness (QED) is 0.588. The molecular weight excluding hydrogens is 329 g/mol. The van der Waals surface area contributed by atoms with E-state index in [9.17, 15) is 26.7 Å². The number of halogens is 5. The lowest BCUT2D eigenvalue weighted by molar-refractivity contribution is -0.275. The van der Waals surface area contributed by atoms with E-state index in [-0.39, 0.29) is 12.2 Å². The zero-order valence-electron chi connectivity index (χ0n) is 11.6. The van der Waals surface area contributed by atoms with Gasteiger partial charge in [0.25, 0.3) is 0 Å². The van der Waals surface area contributed by atoms with Gasteiger partial charge in [-0.2, -0.15) is 14.0 Å². The second-order valence-electron chi connectivity index (χ2n) is 3.98. The molecule has 0 saturated heterocycles. The van der Waals surface area contributed by atoms with Crippen molar-refractivity contribution < 1.29 is 41.0 Å². The molecule has 0 spiro atoms. The number of esters is 1. The van der Waals surface area contributed by atoms with Crippen LogP contribution in [0.4, 0.5) is 22.0 Å². The summed E-state index contributed by atoms with van der Waals surface area (Å²) in [5.41, 5.74) is -0.821. The van der Waals surface area contributed by atoms with Crippen molar-refractivity contribution in [1.29, 1.82) is 5.26 Å². The average molecular weight is 339 g/mol. The highest BCUT2D eigenvalue weighted by atomic mass is 19.4. The summed E-state index contributed by atoms with van der Waals surface area (Å²) < 4.78 is 73.9. The SMILES string of the molecule is CCOC(=O)Cc1cc(C#N)c(OC(F)F)cc1OC(F)(F)F. The first-order valence-electron chi connectivity index (χ1n) is 6.09. The zero-order valence-corrected chi connectivity index (χ0v) is 11.6. The van der Waals surface area contributed by atoms with Gasteiger partial charge >= 0.3 is 18.9 Å². The smallest absolute Gasteiger partial charge is 0.466 e. The molecule has 0 N–H and O–H groups in total. The lowest BCUT2D eigenvalue weighted by Crippen LogP contribution is -2.19. The predicted octanol–water partition coefficient (Wildman–Crippen LogP) is 3.16. The Hall–Kier alpha value is -2.57. The van der Waals surface area contributed by atoms with Crippen LogP contribution in [0.25, 0.3) is 0 Å². The molecule has 0 unspecified atom stereocenters. The molecule has 0 radical (unpaired) electrons. The Kier molecular flexibility index (Phi) is 6.12. The van der Waals surface area contributed by atoms with Gasteiger partial charge in [-0.25, -0.2) is 0 Å². The Morgan fingerprint density at radius 3 is 2.43 bits per heavy atom. The van der Waals surface area contributed by atoms with Gasteiger partial charge in [0.1, 0.15) is 17.6 Å². The molecule has 0 aliphatic rings. The first-order valence-corrected chi connectivity index (χ1v) is 6.09. The minimum Gasteiger partial charge on any atom is -0.466 e. The summed E-state index contributed by atoms with van der Waals surface area (Å²) >= 11 is 0. The lowest BCUT2D eigenvalue weighted by Gasteiger charge is -2.15. The maximum Gasteiger partial charge on any atom is 0.573 e. The molecule has 1 aromatic carbocycles. The van der Waals surface area contributed by atoms with Gasteiger partial charge < -0.3 is 14.2 Å². The molecule has 0 aromatic heterocycles. The van der Waals surface area contributed by atoms with Crippen molar-refractivity contribution in [2.75, 3.05) is 6.61 Å². The molecule has 0 fully saturated rings. The van der Waals surface area contributed by atoms with Gasteiger partial charge in [-0.3, -0.25) is 4.79 Å². The molecule has 5 nitrogen and oxygen atoms in total. The van der Waals surface area contributed by atoms with E-state index in [1.165, 1.54) is 13.0 Å². The lowest BCUT2D eigenvalue weighted by atomic mass is 10.1. The number of benzene rings is 1. The molecule has 0 saturated carbocycles. The average Bonchev–Trinajstić information content (AvgIpc) is 2.39. The second kappa shape index (κ2) is 7.62. The first-order chi connectivity index (χ1) is 10.7. The van der Waals surface area contributed by atoms with Crippen LogP contribution in [-0.4, -0.2) is 25.6 Å². The maximum atomic E-state index is 12.4. The zero-order chi connectivity index (χ0) is 17.6. The van der Waals surface area contributed by atoms with Crippen molar-refractivity contribution in [3.63, 3.8) is 0 Å². The van der Waals surface area contributed by atoms with Crippen LogP contribution < -0.4 is 9.47 Å². The summed E-state index contributed by atoms with van der Waals surface area (Å²) in [6.07, 6.45) is -5.76. The fourth-order valence-electron chi connectivity index (χ4n) is 1.61. The molecule has 23 heavy (non-hydrogen) atoms. The second-order valence-corrected chi connectivity index (χ2v) is 3.98. The number of hydrogen-bond donors (Lipinski definition) is 0. The first kappa shape index (κ1) is 18.5. The minimum atomic E-state index is -5.13. The van der Waals surface area contributed by atoms with Crippen LogP contribution in [0.2, 0.25) is 0 Å². The Morgan fingerprint density at radius 2 is 1.96 bits per heavy atom. The summed E-state index contributed by atoms with van der Waals surface area (Å²) in [5.74, 6) is -2.60. The third-order valence-electron chi connectivity index (χ3n) is 2.37. The van der Waals surface area contributed by atoms with Gasteiger partial charge in [0, 0.05) is 11.6 Å². The Bertz CT molecular complexity index is 610. The van der Waals surface area contributed by atoms with E-state index in [1.54, 1.807) is 0 Å². The molecule has 0 amide bonds. The number of nitriles is 1. The molecule has 126 valence electrons. The maximum absolute atomic E-state index is 12.4. The van der Waals surface area contributed by atoms with Crippen LogP contribution in [0.3, 0.4) is 0 Å². The Labute approximate surface area is 127 Å². The van der Waals surface area contributed by atoms with Crippen LogP contribution in [0.1, 0.15) is 18.1 Å². The molecule has 0 aliphatic carbocycles. The number of nitrogens with zero attached hydrogens (tertiary/aromatic N) is 1. The van der Waals surface area contributed by atoms with Crippen LogP contribution in [-0.2, 0) is 16.0 Å². The van der Waals surface area contributed by atoms with E-state index >= 15 is 0 Å². The normalized spacial score (nSPS) is 11.0. The van der Waals surface area contributed by atoms with Crippen LogP contribution in [0, 0.1) is 11.3 Å². The van der Waals surface area contributed by atoms with Gasteiger partial charge in [-0.1, -0.05) is 0 Å². The van der Waals surface area contributed by atoms with Gasteiger partial charge in [0.2, 0.25) is 0 Å². The van der Waals surface area contributed by atoms with Gasteiger partial charge in [0.15, 0.2) is 0 Å². The highest BCUT2D eigenvalue weighted by Gasteiger charge is 2.33. The summed E-state index contributed by atoms with van der Waals surface area (Å²) in [6, 6.07) is 2.77. The molecule has 0 heterocycles. The van der Waals surface area contributed by atoms with E-state index in [2.05, 4.69) is 14.2 Å². The summed E-state index contributed by atoms with van der Waals surface area (Å²) in [6.45, 7) is -1.87. The van der Waals surface area contributed by atoms with Crippen LogP contribution in [0.15, 0.2) is 12.1 Å². The van der Waals surface area contributed by atoms with Crippen molar-refractivity contribution in [1.82, 2.24) is 0 Å². The minimum absolute atomic E-state index is 0.00796. The van der Waals surface area contributed by atoms with E-state index in [1.807, 2.05) is 0 Å². The molecule has 0 aliphatic heterocycles. The Balaban J connectivity index is 3.29. The monoisotopic (exact) mass is 339 g/mol. The summed E-state index contributed by atoms with van der Waals surface area (Å²) in [4.78, 5) is 11.4. The van der Waals surface area contributed by atoms with Gasteiger partial charge in [0.05, 0.1) is 18.6 Å². The molecule has 0 atom stereocenters. The molecule has 10 heteroatoms. The Morgan fingerprint density at radius 1 is 1.30 bits per heavy atom. The third-order valence-corrected chi connectivity index (χ3v) is 2.37. The standard InChI is InChI=1S/C13H10F5NO4/c1-2-21-11(20)4-7-3-8(6-19)9(22-12(14)15)5-10(7)23-13(16,17)18/h3,5,12H,2,4H2,1H3. The fourth-order valence-corrected chi connectivity index (χ4v) is 1.61. The number of alkyl halides is 5. The van der Waals surface area contributed by atoms with Gasteiger partial charge in [-0.05, 0) is 13.0 Å². The van der Waals surface area contributed by atoms with Gasteiger partial charge in [-0.15, -0.1) is 13.2 Å². The van der Waals surface area contributed by atoms with Crippen LogP contribution in [0.5, 0.6) is 11.5 Å². The van der Waals surface area contributed by atoms with Crippen molar-refractivity contribution in [3.8, 4) is 17.6 Å². The number of carbonyl (C=O) groups is 1. The molecule has 0 bridgehead atoms. The number of hydrogen-bond acceptors (Lipinski definition) is 5. The number of ether oxygens (including phenoxy) is 3. The largest absolute Gasteiger partial charge is 0.573 e. The van der Waals surface area contributed by atoms with Crippen molar-refractivity contribution >= 4 is 5.97 Å². The van der Waals surface area contributed by atoms with Crippen molar-refractivity contribution in [2.45, 2.75) is 26.3 Å². The summed E-state index contributed by atoms with van der Waals surface area (Å²) in [5, 5.41) is 8.86. The van der Waals surface area contributed by atoms with E-state index in [0.29, 0.717) is 6.07 Å². The molecular formula is C13H10F5NO4. The molecule has 1 aromatic rings. The topological polar surface area (TPSA) is 68.6 Å². The highest BCUT2D eigenvalue weighted by molar-refractivity contribution is 5.74. The third kappa shape index (κ3) is 5.98. The van der Waals surface area contributed by atoms with Crippen molar-refractivity contribution in [3.05, 3.63) is 23.3 Å². The number of rotatable bonds is 6. The van der Waals surface area contributed by atoms with Crippen molar-refractivity contribution in [2.24, 2.45) is 0 Å². The van der Waals surface area contributed by atoms with E-state index in [0.717, 1.165) is 6.07 Å². The van der Waals surface area contributed by atoms with E-state index < -0.39 is 42.4 Å². The summed E-state index contributed by atoms with van der Waals surface area (Å²) in [7, 11) is 0. The highest BCUT2D eigenvalue weighted by Crippen LogP contribution is 2.34. The number of carbonyl (C=O) groups excluding carboxylic acids is 1. The van der Waals surface area contributed by atoms with Crippen LogP contribution >= 0.6 is 0 Å². The molecule has 1 rings (SSSR count). The predicted molar refractivity (Wildman–Crippen MR) is 64.8 cm³/mol. The fraction of sp³-hybridized carbons (Fsp3) is 0.385. The van der Waals surface area contributed by atoms with E-state index in [4.69, 9.17) is 5.26 Å².